The van der Waals surface area contributed by atoms with E-state index < -0.39 is 0 Å². The van der Waals surface area contributed by atoms with Gasteiger partial charge in [0.15, 0.2) is 0 Å². The van der Waals surface area contributed by atoms with E-state index in [-0.39, 0.29) is 37.2 Å². The summed E-state index contributed by atoms with van der Waals surface area (Å²) in [5.41, 5.74) is 0. The minimum Gasteiger partial charge on any atom is -0.657 e. The molecule has 0 aliphatic heterocycles. The molecule has 0 saturated carbocycles. The molecule has 1 heterocycles. The molecule has 0 unspecified atom stereocenters. The van der Waals surface area contributed by atoms with Gasteiger partial charge in [-0.1, -0.05) is 27.7 Å². The smallest absolute Gasteiger partial charge is 0.657 e. The van der Waals surface area contributed by atoms with Crippen molar-refractivity contribution in [2.24, 2.45) is 0 Å². The molecular formula is C10H18LiN4-. The number of nitrogens with zero attached hydrogens (tertiary/aromatic N) is 4. The van der Waals surface area contributed by atoms with Crippen LogP contribution in [0.15, 0.2) is 18.5 Å². The van der Waals surface area contributed by atoms with Crippen LogP contribution in [0.25, 0.3) is 10.6 Å². The van der Waals surface area contributed by atoms with Crippen LogP contribution in [0.5, 0.6) is 0 Å². The van der Waals surface area contributed by atoms with Gasteiger partial charge in [0.2, 0.25) is 0 Å². The molecule has 1 rings (SSSR count). The summed E-state index contributed by atoms with van der Waals surface area (Å²) >= 11 is 0. The molecule has 0 amide bonds. The Morgan fingerprint density at radius 3 is 1.93 bits per heavy atom. The molecule has 80 valence electrons. The van der Waals surface area contributed by atoms with Crippen LogP contribution in [-0.4, -0.2) is 21.9 Å². The number of hydrogen-bond acceptors (Lipinski definition) is 1. The summed E-state index contributed by atoms with van der Waals surface area (Å²) in [7, 11) is 0. The van der Waals surface area contributed by atoms with Gasteiger partial charge in [-0.3, -0.25) is 0 Å². The summed E-state index contributed by atoms with van der Waals surface area (Å²) in [4.78, 5) is 0. The maximum absolute atomic E-state index is 4.49. The van der Waals surface area contributed by atoms with Crippen molar-refractivity contribution in [2.45, 2.75) is 46.1 Å². The van der Waals surface area contributed by atoms with Gasteiger partial charge < -0.3 is 15.3 Å². The van der Waals surface area contributed by atoms with Crippen LogP contribution in [0.2, 0.25) is 0 Å². The van der Waals surface area contributed by atoms with Crippen molar-refractivity contribution in [3.05, 3.63) is 29.1 Å². The van der Waals surface area contributed by atoms with Crippen LogP contribution in [-0.2, 0) is 0 Å². The third kappa shape index (κ3) is 5.38. The molecule has 0 aromatic carbocycles. The quantitative estimate of drug-likeness (QED) is 0.614. The Balaban J connectivity index is 0.00000196. The van der Waals surface area contributed by atoms with Gasteiger partial charge in [0.05, 0.1) is 0 Å². The van der Waals surface area contributed by atoms with Gasteiger partial charge in [-0.05, 0) is 6.07 Å². The Bertz CT molecular complexity index is 236. The molecule has 4 nitrogen and oxygen atoms in total. The van der Waals surface area contributed by atoms with E-state index in [1.807, 2.05) is 40.0 Å². The largest absolute Gasteiger partial charge is 1.00 e. The first kappa shape index (κ1) is 14.7. The minimum atomic E-state index is -0.176. The fourth-order valence-corrected chi connectivity index (χ4v) is 1.13. The van der Waals surface area contributed by atoms with Crippen molar-refractivity contribution in [3.8, 4) is 0 Å². The molecule has 0 saturated heterocycles. The first-order chi connectivity index (χ1) is 6.59. The molecule has 0 N–H and O–H groups in total. The zero-order valence-corrected chi connectivity index (χ0v) is 10.3. The van der Waals surface area contributed by atoms with Crippen molar-refractivity contribution in [3.63, 3.8) is 0 Å². The second kappa shape index (κ2) is 7.08. The molecule has 0 radical (unpaired) electrons. The van der Waals surface area contributed by atoms with Crippen molar-refractivity contribution < 1.29 is 18.9 Å². The van der Waals surface area contributed by atoms with Gasteiger partial charge >= 0.3 is 18.9 Å². The van der Waals surface area contributed by atoms with E-state index in [2.05, 4.69) is 15.7 Å². The molecule has 15 heavy (non-hydrogen) atoms. The number of hydrogen-bond donors (Lipinski definition) is 0. The van der Waals surface area contributed by atoms with Gasteiger partial charge in [0.25, 0.3) is 0 Å². The molecule has 0 aliphatic rings. The normalized spacial score (nSPS) is 11.1. The molecule has 0 fully saturated rings. The standard InChI is InChI=1S/C10H18N4.Li/c1-8(2)12-10(13-9(3)4)14-7-5-6-11-14;/h5-10H,1-4H3;/q-2;+1. The van der Waals surface area contributed by atoms with E-state index in [0.717, 1.165) is 0 Å². The Morgan fingerprint density at radius 2 is 1.60 bits per heavy atom. The van der Waals surface area contributed by atoms with Crippen LogP contribution < -0.4 is 18.9 Å². The van der Waals surface area contributed by atoms with Gasteiger partial charge in [0, 0.05) is 12.4 Å². The predicted molar refractivity (Wildman–Crippen MR) is 58.3 cm³/mol. The molecular weight excluding hydrogens is 183 g/mol. The zero-order chi connectivity index (χ0) is 10.6. The Kier molecular flexibility index (Phi) is 6.95. The van der Waals surface area contributed by atoms with E-state index in [9.17, 15) is 0 Å². The minimum absolute atomic E-state index is 0. The third-order valence-corrected chi connectivity index (χ3v) is 1.62. The Hall–Kier alpha value is -0.273. The SMILES string of the molecule is CC(C)[N-]C([N-]C(C)C)n1cccn1.[Li+]. The summed E-state index contributed by atoms with van der Waals surface area (Å²) in [6, 6.07) is 2.43. The second-order valence-electron chi connectivity index (χ2n) is 3.82. The fourth-order valence-electron chi connectivity index (χ4n) is 1.13. The van der Waals surface area contributed by atoms with Crippen LogP contribution in [0.4, 0.5) is 0 Å². The summed E-state index contributed by atoms with van der Waals surface area (Å²) in [5.74, 6) is 0. The molecule has 0 bridgehead atoms. The number of rotatable bonds is 5. The van der Waals surface area contributed by atoms with Gasteiger partial charge in [-0.2, -0.15) is 5.10 Å². The van der Waals surface area contributed by atoms with Gasteiger partial charge in [-0.25, -0.2) is 0 Å². The average molecular weight is 201 g/mol. The van der Waals surface area contributed by atoms with E-state index in [4.69, 9.17) is 0 Å². The second-order valence-corrected chi connectivity index (χ2v) is 3.82. The topological polar surface area (TPSA) is 46.0 Å². The van der Waals surface area contributed by atoms with E-state index in [1.54, 1.807) is 10.9 Å². The predicted octanol–water partition coefficient (Wildman–Crippen LogP) is -0.0926. The van der Waals surface area contributed by atoms with E-state index >= 15 is 0 Å². The number of aromatic nitrogens is 2. The van der Waals surface area contributed by atoms with Crippen LogP contribution in [0, 0.1) is 0 Å². The first-order valence-electron chi connectivity index (χ1n) is 4.98. The molecule has 0 atom stereocenters. The molecule has 0 spiro atoms. The summed E-state index contributed by atoms with van der Waals surface area (Å²) in [5, 5.41) is 13.1. The first-order valence-corrected chi connectivity index (χ1v) is 4.98. The maximum atomic E-state index is 4.49. The summed E-state index contributed by atoms with van der Waals surface area (Å²) in [6.07, 6.45) is 3.46. The van der Waals surface area contributed by atoms with Crippen molar-refractivity contribution >= 4 is 0 Å². The Morgan fingerprint density at radius 1 is 1.07 bits per heavy atom. The average Bonchev–Trinajstić information content (AvgIpc) is 2.52. The van der Waals surface area contributed by atoms with Crippen molar-refractivity contribution in [2.75, 3.05) is 0 Å². The maximum Gasteiger partial charge on any atom is 1.00 e. The van der Waals surface area contributed by atoms with E-state index in [0.29, 0.717) is 0 Å². The van der Waals surface area contributed by atoms with Gasteiger partial charge in [-0.15, -0.1) is 18.4 Å². The third-order valence-electron chi connectivity index (χ3n) is 1.62. The Labute approximate surface area is 104 Å². The molecule has 5 heteroatoms. The molecule has 1 aromatic heterocycles. The van der Waals surface area contributed by atoms with Crippen molar-refractivity contribution in [1.29, 1.82) is 0 Å². The van der Waals surface area contributed by atoms with E-state index in [1.165, 1.54) is 0 Å². The van der Waals surface area contributed by atoms with Crippen LogP contribution >= 0.6 is 0 Å². The molecule has 1 aromatic rings. The monoisotopic (exact) mass is 201 g/mol. The zero-order valence-electron chi connectivity index (χ0n) is 10.3. The van der Waals surface area contributed by atoms with Gasteiger partial charge in [0.1, 0.15) is 0 Å². The molecule has 0 aliphatic carbocycles. The summed E-state index contributed by atoms with van der Waals surface area (Å²) < 4.78 is 1.78. The fraction of sp³-hybridized carbons (Fsp3) is 0.700. The van der Waals surface area contributed by atoms with Crippen LogP contribution in [0.1, 0.15) is 34.0 Å². The van der Waals surface area contributed by atoms with Crippen LogP contribution in [0.3, 0.4) is 0 Å². The van der Waals surface area contributed by atoms with Crippen molar-refractivity contribution in [1.82, 2.24) is 9.78 Å². The summed E-state index contributed by atoms with van der Waals surface area (Å²) in [6.45, 7) is 8.19.